The molecule has 1 aromatic rings. The molecule has 1 N–H and O–H groups in total. The van der Waals surface area contributed by atoms with E-state index in [0.717, 1.165) is 5.56 Å². The van der Waals surface area contributed by atoms with Crippen LogP contribution >= 0.6 is 0 Å². The highest BCUT2D eigenvalue weighted by atomic mass is 16.5. The van der Waals surface area contributed by atoms with Gasteiger partial charge in [0.2, 0.25) is 0 Å². The Balaban J connectivity index is 2.76. The van der Waals surface area contributed by atoms with Crippen molar-refractivity contribution in [2.45, 2.75) is 12.5 Å². The van der Waals surface area contributed by atoms with Gasteiger partial charge in [-0.1, -0.05) is 31.4 Å². The number of carbonyl (C=O) groups excluding carboxylic acids is 1. The molecule has 5 heteroatoms. The highest BCUT2D eigenvalue weighted by molar-refractivity contribution is 5.74. The van der Waals surface area contributed by atoms with E-state index in [2.05, 4.69) is 13.2 Å². The van der Waals surface area contributed by atoms with Crippen LogP contribution in [0.5, 0.6) is 11.5 Å². The number of esters is 1. The van der Waals surface area contributed by atoms with Crippen LogP contribution in [0, 0.1) is 0 Å². The number of aliphatic hydroxyl groups excluding tert-OH is 1. The Morgan fingerprint density at radius 3 is 2.62 bits per heavy atom. The van der Waals surface area contributed by atoms with Gasteiger partial charge in [0, 0.05) is 6.42 Å². The highest BCUT2D eigenvalue weighted by Crippen LogP contribution is 2.28. The van der Waals surface area contributed by atoms with Crippen molar-refractivity contribution in [2.24, 2.45) is 0 Å². The Kier molecular flexibility index (Phi) is 7.04. The highest BCUT2D eigenvalue weighted by Gasteiger charge is 2.17. The van der Waals surface area contributed by atoms with Gasteiger partial charge in [0.25, 0.3) is 0 Å². The fourth-order valence-corrected chi connectivity index (χ4v) is 1.65. The van der Waals surface area contributed by atoms with Crippen molar-refractivity contribution in [3.8, 4) is 11.5 Å². The third kappa shape index (κ3) is 5.31. The van der Waals surface area contributed by atoms with E-state index in [0.29, 0.717) is 18.1 Å². The second-order valence-electron chi connectivity index (χ2n) is 4.22. The van der Waals surface area contributed by atoms with E-state index in [1.807, 2.05) is 0 Å². The standard InChI is InChI=1S/C16H20O5/c1-4-8-20-15-11-12(6-7-14(15)19-3)10-13(17)16(18)21-9-5-2/h4-7,11,13,17H,1-2,8-10H2,3H3. The van der Waals surface area contributed by atoms with E-state index < -0.39 is 12.1 Å². The minimum atomic E-state index is -1.23. The quantitative estimate of drug-likeness (QED) is 0.556. The zero-order valence-corrected chi connectivity index (χ0v) is 12.1. The molecule has 1 atom stereocenters. The zero-order valence-electron chi connectivity index (χ0n) is 12.1. The summed E-state index contributed by atoms with van der Waals surface area (Å²) < 4.78 is 15.4. The van der Waals surface area contributed by atoms with E-state index in [1.54, 1.807) is 24.3 Å². The number of carbonyl (C=O) groups is 1. The summed E-state index contributed by atoms with van der Waals surface area (Å²) in [7, 11) is 1.54. The van der Waals surface area contributed by atoms with Gasteiger partial charge in [0.1, 0.15) is 13.2 Å². The summed E-state index contributed by atoms with van der Waals surface area (Å²) in [6.07, 6.45) is 1.96. The van der Waals surface area contributed by atoms with Crippen molar-refractivity contribution in [1.29, 1.82) is 0 Å². The summed E-state index contributed by atoms with van der Waals surface area (Å²) in [5.41, 5.74) is 0.734. The van der Waals surface area contributed by atoms with Crippen LogP contribution in [0.3, 0.4) is 0 Å². The summed E-state index contributed by atoms with van der Waals surface area (Å²) in [5.74, 6) is 0.421. The van der Waals surface area contributed by atoms with E-state index in [4.69, 9.17) is 14.2 Å². The third-order valence-electron chi connectivity index (χ3n) is 2.63. The van der Waals surface area contributed by atoms with Gasteiger partial charge in [0.05, 0.1) is 7.11 Å². The Bertz CT molecular complexity index is 495. The predicted octanol–water partition coefficient (Wildman–Crippen LogP) is 1.89. The monoisotopic (exact) mass is 292 g/mol. The van der Waals surface area contributed by atoms with Crippen molar-refractivity contribution >= 4 is 5.97 Å². The third-order valence-corrected chi connectivity index (χ3v) is 2.63. The number of rotatable bonds is 9. The summed E-state index contributed by atoms with van der Waals surface area (Å²) in [5, 5.41) is 9.79. The van der Waals surface area contributed by atoms with Crippen LogP contribution in [0.2, 0.25) is 0 Å². The minimum Gasteiger partial charge on any atom is -0.493 e. The number of hydrogen-bond donors (Lipinski definition) is 1. The normalized spacial score (nSPS) is 11.3. The number of ether oxygens (including phenoxy) is 3. The van der Waals surface area contributed by atoms with Gasteiger partial charge in [0.15, 0.2) is 17.6 Å². The first-order chi connectivity index (χ1) is 10.1. The molecule has 0 spiro atoms. The molecule has 21 heavy (non-hydrogen) atoms. The second-order valence-corrected chi connectivity index (χ2v) is 4.22. The van der Waals surface area contributed by atoms with Crippen LogP contribution < -0.4 is 9.47 Å². The Labute approximate surface area is 124 Å². The van der Waals surface area contributed by atoms with Crippen molar-refractivity contribution in [2.75, 3.05) is 20.3 Å². The van der Waals surface area contributed by atoms with Crippen molar-refractivity contribution in [1.82, 2.24) is 0 Å². The zero-order chi connectivity index (χ0) is 15.7. The van der Waals surface area contributed by atoms with Gasteiger partial charge >= 0.3 is 5.97 Å². The summed E-state index contributed by atoms with van der Waals surface area (Å²) >= 11 is 0. The largest absolute Gasteiger partial charge is 0.493 e. The Hall–Kier alpha value is -2.27. The minimum absolute atomic E-state index is 0.0756. The van der Waals surface area contributed by atoms with Crippen molar-refractivity contribution < 1.29 is 24.1 Å². The predicted molar refractivity (Wildman–Crippen MR) is 79.6 cm³/mol. The lowest BCUT2D eigenvalue weighted by molar-refractivity contribution is -0.152. The molecule has 5 nitrogen and oxygen atoms in total. The Morgan fingerprint density at radius 2 is 2.00 bits per heavy atom. The number of hydrogen-bond acceptors (Lipinski definition) is 5. The first-order valence-electron chi connectivity index (χ1n) is 6.48. The van der Waals surface area contributed by atoms with E-state index in [1.165, 1.54) is 13.2 Å². The SMILES string of the molecule is C=CCOC(=O)C(O)Cc1ccc(OC)c(OCC=C)c1. The maximum atomic E-state index is 11.5. The van der Waals surface area contributed by atoms with Gasteiger partial charge in [-0.2, -0.15) is 0 Å². The molecule has 0 bridgehead atoms. The molecule has 1 unspecified atom stereocenters. The van der Waals surface area contributed by atoms with Crippen molar-refractivity contribution in [3.05, 3.63) is 49.1 Å². The molecule has 1 rings (SSSR count). The van der Waals surface area contributed by atoms with Gasteiger partial charge in [-0.25, -0.2) is 4.79 Å². The van der Waals surface area contributed by atoms with Crippen LogP contribution in [-0.4, -0.2) is 37.5 Å². The second kappa shape index (κ2) is 8.81. The molecule has 0 saturated heterocycles. The lowest BCUT2D eigenvalue weighted by atomic mass is 10.1. The van der Waals surface area contributed by atoms with Gasteiger partial charge in [-0.15, -0.1) is 0 Å². The summed E-state index contributed by atoms with van der Waals surface area (Å²) in [6, 6.07) is 5.19. The fourth-order valence-electron chi connectivity index (χ4n) is 1.65. The van der Waals surface area contributed by atoms with Crippen LogP contribution in [-0.2, 0) is 16.0 Å². The maximum Gasteiger partial charge on any atom is 0.335 e. The molecule has 0 amide bonds. The molecule has 0 aliphatic carbocycles. The van der Waals surface area contributed by atoms with Crippen LogP contribution in [0.25, 0.3) is 0 Å². The van der Waals surface area contributed by atoms with Crippen LogP contribution in [0.4, 0.5) is 0 Å². The smallest absolute Gasteiger partial charge is 0.335 e. The van der Waals surface area contributed by atoms with Gasteiger partial charge in [-0.3, -0.25) is 0 Å². The van der Waals surface area contributed by atoms with Gasteiger partial charge < -0.3 is 19.3 Å². The van der Waals surface area contributed by atoms with Crippen LogP contribution in [0.1, 0.15) is 5.56 Å². The molecule has 0 aliphatic heterocycles. The first-order valence-corrected chi connectivity index (χ1v) is 6.48. The topological polar surface area (TPSA) is 65.0 Å². The van der Waals surface area contributed by atoms with Crippen LogP contribution in [0.15, 0.2) is 43.5 Å². The molecule has 0 radical (unpaired) electrons. The molecule has 0 saturated carbocycles. The summed E-state index contributed by atoms with van der Waals surface area (Å²) in [4.78, 5) is 11.5. The lowest BCUT2D eigenvalue weighted by Crippen LogP contribution is -2.25. The fraction of sp³-hybridized carbons (Fsp3) is 0.312. The maximum absolute atomic E-state index is 11.5. The molecular weight excluding hydrogens is 272 g/mol. The van der Waals surface area contributed by atoms with Crippen molar-refractivity contribution in [3.63, 3.8) is 0 Å². The number of methoxy groups -OCH3 is 1. The molecule has 0 heterocycles. The summed E-state index contributed by atoms with van der Waals surface area (Å²) in [6.45, 7) is 7.43. The molecule has 114 valence electrons. The van der Waals surface area contributed by atoms with E-state index in [-0.39, 0.29) is 13.0 Å². The number of benzene rings is 1. The number of aliphatic hydroxyl groups is 1. The molecule has 0 fully saturated rings. The molecule has 0 aromatic heterocycles. The lowest BCUT2D eigenvalue weighted by Gasteiger charge is -2.13. The first kappa shape index (κ1) is 16.8. The molecular formula is C16H20O5. The average Bonchev–Trinajstić information content (AvgIpc) is 2.50. The molecule has 0 aliphatic rings. The van der Waals surface area contributed by atoms with E-state index >= 15 is 0 Å². The van der Waals surface area contributed by atoms with E-state index in [9.17, 15) is 9.90 Å². The molecule has 1 aromatic carbocycles. The average molecular weight is 292 g/mol. The Morgan fingerprint density at radius 1 is 1.29 bits per heavy atom. The van der Waals surface area contributed by atoms with Gasteiger partial charge in [-0.05, 0) is 17.7 Å².